The molecule has 3 rings (SSSR count). The number of hydrogen-bond donors (Lipinski definition) is 1. The van der Waals surface area contributed by atoms with Crippen molar-refractivity contribution in [3.63, 3.8) is 0 Å². The minimum Gasteiger partial charge on any atom is -0.396 e. The molecule has 2 aromatic rings. The van der Waals surface area contributed by atoms with Crippen LogP contribution in [0, 0.1) is 0 Å². The lowest BCUT2D eigenvalue weighted by molar-refractivity contribution is 0.122. The van der Waals surface area contributed by atoms with Crippen LogP contribution in [-0.4, -0.2) is 46.3 Å². The predicted octanol–water partition coefficient (Wildman–Crippen LogP) is 0.0811. The summed E-state index contributed by atoms with van der Waals surface area (Å²) in [7, 11) is 0. The second-order valence-electron chi connectivity index (χ2n) is 4.05. The molecule has 0 unspecified atom stereocenters. The van der Waals surface area contributed by atoms with Gasteiger partial charge in [0.2, 0.25) is 0 Å². The van der Waals surface area contributed by atoms with Gasteiger partial charge in [0, 0.05) is 13.1 Å². The second kappa shape index (κ2) is 4.61. The zero-order chi connectivity index (χ0) is 12.4. The molecule has 0 atom stereocenters. The Labute approximate surface area is 104 Å². The predicted molar refractivity (Wildman–Crippen MR) is 66.6 cm³/mol. The average Bonchev–Trinajstić information content (AvgIpc) is 2.93. The molecule has 1 aliphatic heterocycles. The lowest BCUT2D eigenvalue weighted by Gasteiger charge is -2.28. The zero-order valence-corrected chi connectivity index (χ0v) is 9.86. The highest BCUT2D eigenvalue weighted by Crippen LogP contribution is 2.21. The molecule has 0 bridgehead atoms. The number of rotatable bonds is 2. The zero-order valence-electron chi connectivity index (χ0n) is 9.86. The highest BCUT2D eigenvalue weighted by atomic mass is 16.5. The number of hydrogen-bond acceptors (Lipinski definition) is 6. The lowest BCUT2D eigenvalue weighted by atomic mass is 10.3. The summed E-state index contributed by atoms with van der Waals surface area (Å²) in [6.07, 6.45) is 5.11. The average molecular weight is 246 g/mol. The summed E-state index contributed by atoms with van der Waals surface area (Å²) < 4.78 is 6.87. The Morgan fingerprint density at radius 3 is 2.78 bits per heavy atom. The maximum atomic E-state index is 6.01. The number of pyridine rings is 1. The normalized spacial score (nSPS) is 15.9. The van der Waals surface area contributed by atoms with Crippen LogP contribution in [0.4, 0.5) is 11.4 Å². The summed E-state index contributed by atoms with van der Waals surface area (Å²) in [6, 6.07) is 1.91. The van der Waals surface area contributed by atoms with Crippen LogP contribution in [0.3, 0.4) is 0 Å². The molecule has 0 aliphatic carbocycles. The second-order valence-corrected chi connectivity index (χ2v) is 4.05. The van der Waals surface area contributed by atoms with Crippen molar-refractivity contribution in [1.82, 2.24) is 20.0 Å². The molecule has 3 heterocycles. The van der Waals surface area contributed by atoms with Crippen molar-refractivity contribution in [2.24, 2.45) is 0 Å². The van der Waals surface area contributed by atoms with E-state index in [-0.39, 0.29) is 0 Å². The van der Waals surface area contributed by atoms with Crippen LogP contribution in [0.25, 0.3) is 5.82 Å². The maximum Gasteiger partial charge on any atom is 0.178 e. The molecule has 0 radical (unpaired) electrons. The van der Waals surface area contributed by atoms with E-state index in [0.717, 1.165) is 32.0 Å². The van der Waals surface area contributed by atoms with Crippen LogP contribution in [0.5, 0.6) is 0 Å². The van der Waals surface area contributed by atoms with Gasteiger partial charge in [0.25, 0.3) is 0 Å². The number of nitrogen functional groups attached to an aromatic ring is 1. The Bertz CT molecular complexity index is 520. The van der Waals surface area contributed by atoms with Crippen LogP contribution < -0.4 is 10.6 Å². The number of nitrogens with zero attached hydrogens (tertiary/aromatic N) is 5. The maximum absolute atomic E-state index is 6.01. The van der Waals surface area contributed by atoms with Crippen molar-refractivity contribution in [1.29, 1.82) is 0 Å². The first-order valence-corrected chi connectivity index (χ1v) is 5.79. The smallest absolute Gasteiger partial charge is 0.178 e. The van der Waals surface area contributed by atoms with Gasteiger partial charge in [0.1, 0.15) is 0 Å². The molecular formula is C11H14N6O. The molecule has 2 N–H and O–H groups in total. The highest BCUT2D eigenvalue weighted by molar-refractivity contribution is 5.61. The molecule has 94 valence electrons. The van der Waals surface area contributed by atoms with Gasteiger partial charge in [-0.2, -0.15) is 0 Å². The first-order valence-electron chi connectivity index (χ1n) is 5.79. The van der Waals surface area contributed by atoms with Crippen LogP contribution in [0.1, 0.15) is 0 Å². The fraction of sp³-hybridized carbons (Fsp3) is 0.364. The van der Waals surface area contributed by atoms with E-state index >= 15 is 0 Å². The lowest BCUT2D eigenvalue weighted by Crippen LogP contribution is -2.36. The van der Waals surface area contributed by atoms with E-state index in [0.29, 0.717) is 11.5 Å². The molecule has 0 saturated carbocycles. The van der Waals surface area contributed by atoms with E-state index < -0.39 is 0 Å². The van der Waals surface area contributed by atoms with Crippen LogP contribution in [-0.2, 0) is 4.74 Å². The molecule has 0 amide bonds. The van der Waals surface area contributed by atoms with Gasteiger partial charge in [0.15, 0.2) is 5.82 Å². The number of ether oxygens (including phenoxy) is 1. The molecule has 18 heavy (non-hydrogen) atoms. The van der Waals surface area contributed by atoms with Crippen molar-refractivity contribution in [2.75, 3.05) is 36.9 Å². The van der Waals surface area contributed by atoms with Crippen molar-refractivity contribution < 1.29 is 4.74 Å². The third kappa shape index (κ3) is 2.00. The van der Waals surface area contributed by atoms with Gasteiger partial charge >= 0.3 is 0 Å². The molecule has 2 aromatic heterocycles. The topological polar surface area (TPSA) is 82.1 Å². The summed E-state index contributed by atoms with van der Waals surface area (Å²) >= 11 is 0. The Morgan fingerprint density at radius 1 is 1.28 bits per heavy atom. The van der Waals surface area contributed by atoms with Crippen molar-refractivity contribution in [3.8, 4) is 5.82 Å². The monoisotopic (exact) mass is 246 g/mol. The molecule has 1 aliphatic rings. The Kier molecular flexibility index (Phi) is 2.81. The summed E-state index contributed by atoms with van der Waals surface area (Å²) in [5.41, 5.74) is 7.61. The van der Waals surface area contributed by atoms with Crippen molar-refractivity contribution >= 4 is 11.4 Å². The summed E-state index contributed by atoms with van der Waals surface area (Å²) in [5, 5.41) is 7.62. The minimum atomic E-state index is 0.587. The van der Waals surface area contributed by atoms with Gasteiger partial charge in [-0.15, -0.1) is 5.10 Å². The first kappa shape index (κ1) is 11.0. The first-order chi connectivity index (χ1) is 8.84. The standard InChI is InChI=1S/C11H14N6O/c12-10-7-9(16-3-5-18-6-4-16)8-13-11(10)17-2-1-14-15-17/h1-2,7-8H,3-6,12H2. The van der Waals surface area contributed by atoms with Gasteiger partial charge in [-0.1, -0.05) is 5.21 Å². The van der Waals surface area contributed by atoms with Gasteiger partial charge in [-0.3, -0.25) is 0 Å². The van der Waals surface area contributed by atoms with Gasteiger partial charge < -0.3 is 15.4 Å². The van der Waals surface area contributed by atoms with Gasteiger partial charge in [0.05, 0.1) is 43.2 Å². The van der Waals surface area contributed by atoms with E-state index in [2.05, 4.69) is 20.2 Å². The quantitative estimate of drug-likeness (QED) is 0.808. The fourth-order valence-electron chi connectivity index (χ4n) is 1.97. The number of aromatic nitrogens is 4. The Morgan fingerprint density at radius 2 is 2.11 bits per heavy atom. The summed E-state index contributed by atoms with van der Waals surface area (Å²) in [6.45, 7) is 3.21. The van der Waals surface area contributed by atoms with Gasteiger partial charge in [-0.25, -0.2) is 9.67 Å². The molecule has 1 saturated heterocycles. The van der Waals surface area contributed by atoms with E-state index in [1.54, 1.807) is 23.3 Å². The molecule has 0 spiro atoms. The van der Waals surface area contributed by atoms with Crippen molar-refractivity contribution in [2.45, 2.75) is 0 Å². The Hall–Kier alpha value is -2.15. The highest BCUT2D eigenvalue weighted by Gasteiger charge is 2.13. The van der Waals surface area contributed by atoms with Crippen LogP contribution in [0.2, 0.25) is 0 Å². The SMILES string of the molecule is Nc1cc(N2CCOCC2)cnc1-n1ccnn1. The molecule has 1 fully saturated rings. The minimum absolute atomic E-state index is 0.587. The van der Waals surface area contributed by atoms with Crippen molar-refractivity contribution in [3.05, 3.63) is 24.7 Å². The number of nitrogens with two attached hydrogens (primary N) is 1. The van der Waals surface area contributed by atoms with E-state index in [1.165, 1.54) is 0 Å². The summed E-state index contributed by atoms with van der Waals surface area (Å²) in [4.78, 5) is 6.56. The van der Waals surface area contributed by atoms with Crippen LogP contribution in [0.15, 0.2) is 24.7 Å². The molecule has 7 nitrogen and oxygen atoms in total. The molecular weight excluding hydrogens is 232 g/mol. The van der Waals surface area contributed by atoms with E-state index in [1.807, 2.05) is 6.07 Å². The van der Waals surface area contributed by atoms with Gasteiger partial charge in [-0.05, 0) is 6.07 Å². The largest absolute Gasteiger partial charge is 0.396 e. The third-order valence-corrected chi connectivity index (χ3v) is 2.90. The fourth-order valence-corrected chi connectivity index (χ4v) is 1.97. The molecule has 0 aromatic carbocycles. The van der Waals surface area contributed by atoms with E-state index in [9.17, 15) is 0 Å². The molecule has 7 heteroatoms. The number of morpholine rings is 1. The van der Waals surface area contributed by atoms with E-state index in [4.69, 9.17) is 10.5 Å². The summed E-state index contributed by atoms with van der Waals surface area (Å²) in [5.74, 6) is 0.601. The number of anilines is 2. The Balaban J connectivity index is 1.89. The van der Waals surface area contributed by atoms with Crippen LogP contribution >= 0.6 is 0 Å². The third-order valence-electron chi connectivity index (χ3n) is 2.90.